The molecule has 0 spiro atoms. The lowest BCUT2D eigenvalue weighted by molar-refractivity contribution is 0.211. The number of fused-ring (bicyclic) bond motifs is 2. The Kier molecular flexibility index (Phi) is 6.81. The van der Waals surface area contributed by atoms with Crippen molar-refractivity contribution in [1.82, 2.24) is 4.90 Å². The summed E-state index contributed by atoms with van der Waals surface area (Å²) in [6, 6.07) is 21.0. The molecule has 2 aliphatic heterocycles. The van der Waals surface area contributed by atoms with Crippen LogP contribution in [0, 0.1) is 6.92 Å². The third kappa shape index (κ3) is 5.01. The van der Waals surface area contributed by atoms with Crippen LogP contribution in [0.3, 0.4) is 0 Å². The molecule has 3 aromatic rings. The summed E-state index contributed by atoms with van der Waals surface area (Å²) in [5.41, 5.74) is 3.31. The van der Waals surface area contributed by atoms with Crippen molar-refractivity contribution in [3.05, 3.63) is 77.9 Å². The van der Waals surface area contributed by atoms with Gasteiger partial charge in [0.05, 0.1) is 14.2 Å². The quantitative estimate of drug-likeness (QED) is 0.411. The number of hydrogen-bond donors (Lipinski definition) is 0. The minimum atomic E-state index is -3.86. The number of nitrogens with zero attached hydrogens (tertiary/aromatic N) is 2. The first-order valence-electron chi connectivity index (χ1n) is 12.2. The van der Waals surface area contributed by atoms with Crippen LogP contribution in [0.2, 0.25) is 0 Å². The third-order valence-electron chi connectivity index (χ3n) is 7.06. The monoisotopic (exact) mass is 508 g/mol. The maximum Gasteiger partial charge on any atom is 0.339 e. The van der Waals surface area contributed by atoms with E-state index in [2.05, 4.69) is 21.9 Å². The second kappa shape index (κ2) is 10.0. The first-order chi connectivity index (χ1) is 17.4. The van der Waals surface area contributed by atoms with Crippen LogP contribution in [0.1, 0.15) is 24.0 Å². The van der Waals surface area contributed by atoms with E-state index in [1.807, 2.05) is 25.1 Å². The van der Waals surface area contributed by atoms with Crippen molar-refractivity contribution in [1.29, 1.82) is 0 Å². The van der Waals surface area contributed by atoms with Gasteiger partial charge in [-0.25, -0.2) is 0 Å². The Morgan fingerprint density at radius 3 is 2.08 bits per heavy atom. The standard InChI is InChI=1S/C28H32N2O5S/c1-20-4-13-26(14-5-20)36(31,32)35-25-11-9-22(10-12-25)30-23-7-8-24(30)19-29(18-23)17-21-6-15-27(33-2)28(16-21)34-3/h4-6,9-16,23-24H,7-8,17-19H2,1-3H3/t23-,24+. The molecule has 3 aromatic carbocycles. The van der Waals surface area contributed by atoms with Crippen molar-refractivity contribution in [2.24, 2.45) is 0 Å². The summed E-state index contributed by atoms with van der Waals surface area (Å²) in [6.07, 6.45) is 2.29. The van der Waals surface area contributed by atoms with Gasteiger partial charge in [0, 0.05) is 37.4 Å². The number of benzene rings is 3. The zero-order chi connectivity index (χ0) is 25.3. The Hall–Kier alpha value is -3.23. The van der Waals surface area contributed by atoms with Gasteiger partial charge in [-0.3, -0.25) is 4.90 Å². The summed E-state index contributed by atoms with van der Waals surface area (Å²) in [5, 5.41) is 0. The van der Waals surface area contributed by atoms with E-state index in [1.54, 1.807) is 50.6 Å². The summed E-state index contributed by atoms with van der Waals surface area (Å²) in [6.45, 7) is 4.74. The third-order valence-corrected chi connectivity index (χ3v) is 8.32. The van der Waals surface area contributed by atoms with Gasteiger partial charge >= 0.3 is 10.1 Å². The van der Waals surface area contributed by atoms with Crippen molar-refractivity contribution in [2.75, 3.05) is 32.2 Å². The summed E-state index contributed by atoms with van der Waals surface area (Å²) < 4.78 is 41.5. The number of rotatable bonds is 8. The van der Waals surface area contributed by atoms with E-state index in [1.165, 1.54) is 5.56 Å². The van der Waals surface area contributed by atoms with Crippen molar-refractivity contribution in [3.8, 4) is 17.2 Å². The van der Waals surface area contributed by atoms with Crippen LogP contribution < -0.4 is 18.6 Å². The van der Waals surface area contributed by atoms with Gasteiger partial charge in [-0.05, 0) is 73.9 Å². The topological polar surface area (TPSA) is 68.3 Å². The van der Waals surface area contributed by atoms with E-state index in [4.69, 9.17) is 13.7 Å². The molecule has 2 saturated heterocycles. The first kappa shape index (κ1) is 24.5. The molecule has 2 fully saturated rings. The van der Waals surface area contributed by atoms with Gasteiger partial charge in [0.2, 0.25) is 0 Å². The summed E-state index contributed by atoms with van der Waals surface area (Å²) in [4.78, 5) is 5.15. The molecule has 8 heteroatoms. The average molecular weight is 509 g/mol. The number of methoxy groups -OCH3 is 2. The van der Waals surface area contributed by atoms with Gasteiger partial charge in [0.1, 0.15) is 10.6 Å². The van der Waals surface area contributed by atoms with Gasteiger partial charge in [0.25, 0.3) is 0 Å². The SMILES string of the molecule is COc1ccc(CN2C[C@H]3CC[C@@H](C2)N3c2ccc(OS(=O)(=O)c3ccc(C)cc3)cc2)cc1OC. The second-order valence-corrected chi connectivity index (χ2v) is 11.1. The average Bonchev–Trinajstić information content (AvgIpc) is 3.14. The Morgan fingerprint density at radius 1 is 0.833 bits per heavy atom. The molecule has 0 unspecified atom stereocenters. The van der Waals surface area contributed by atoms with Crippen molar-refractivity contribution >= 4 is 15.8 Å². The molecule has 0 aromatic heterocycles. The van der Waals surface area contributed by atoms with Gasteiger partial charge in [-0.15, -0.1) is 0 Å². The lowest BCUT2D eigenvalue weighted by Gasteiger charge is -2.42. The largest absolute Gasteiger partial charge is 0.493 e. The summed E-state index contributed by atoms with van der Waals surface area (Å²) in [7, 11) is -0.550. The molecule has 0 N–H and O–H groups in total. The van der Waals surface area contributed by atoms with Gasteiger partial charge in [0.15, 0.2) is 11.5 Å². The Bertz CT molecular complexity index is 1290. The van der Waals surface area contributed by atoms with E-state index in [-0.39, 0.29) is 4.90 Å². The molecule has 2 heterocycles. The van der Waals surface area contributed by atoms with E-state index >= 15 is 0 Å². The number of anilines is 1. The zero-order valence-electron chi connectivity index (χ0n) is 20.9. The molecule has 0 amide bonds. The number of likely N-dealkylation sites (tertiary alicyclic amines) is 1. The second-order valence-electron chi connectivity index (χ2n) is 9.52. The molecular weight excluding hydrogens is 476 g/mol. The number of ether oxygens (including phenoxy) is 2. The van der Waals surface area contributed by atoms with Gasteiger partial charge in [-0.1, -0.05) is 23.8 Å². The Balaban J connectivity index is 1.24. The smallest absolute Gasteiger partial charge is 0.339 e. The zero-order valence-corrected chi connectivity index (χ0v) is 21.7. The van der Waals surface area contributed by atoms with Crippen molar-refractivity contribution in [2.45, 2.75) is 43.3 Å². The fourth-order valence-corrected chi connectivity index (χ4v) is 6.26. The number of aryl methyl sites for hydroxylation is 1. The molecule has 2 aliphatic rings. The van der Waals surface area contributed by atoms with Crippen LogP contribution in [0.25, 0.3) is 0 Å². The minimum Gasteiger partial charge on any atom is -0.493 e. The van der Waals surface area contributed by atoms with E-state index < -0.39 is 10.1 Å². The van der Waals surface area contributed by atoms with E-state index in [9.17, 15) is 8.42 Å². The highest BCUT2D eigenvalue weighted by Crippen LogP contribution is 2.37. The molecule has 7 nitrogen and oxygen atoms in total. The van der Waals surface area contributed by atoms with Crippen LogP contribution >= 0.6 is 0 Å². The molecule has 190 valence electrons. The predicted octanol–water partition coefficient (Wildman–Crippen LogP) is 4.63. The molecule has 0 aliphatic carbocycles. The molecular formula is C28H32N2O5S. The highest BCUT2D eigenvalue weighted by molar-refractivity contribution is 7.87. The highest BCUT2D eigenvalue weighted by Gasteiger charge is 2.39. The number of hydrogen-bond acceptors (Lipinski definition) is 7. The van der Waals surface area contributed by atoms with Gasteiger partial charge in [-0.2, -0.15) is 8.42 Å². The van der Waals surface area contributed by atoms with Crippen LogP contribution in [-0.2, 0) is 16.7 Å². The van der Waals surface area contributed by atoms with E-state index in [0.717, 1.165) is 55.2 Å². The van der Waals surface area contributed by atoms with E-state index in [0.29, 0.717) is 17.8 Å². The normalized spacial score (nSPS) is 19.8. The van der Waals surface area contributed by atoms with Crippen LogP contribution in [0.4, 0.5) is 5.69 Å². The lowest BCUT2D eigenvalue weighted by atomic mass is 10.1. The fourth-order valence-electron chi connectivity index (χ4n) is 5.33. The van der Waals surface area contributed by atoms with Crippen molar-refractivity contribution < 1.29 is 22.1 Å². The molecule has 36 heavy (non-hydrogen) atoms. The van der Waals surface area contributed by atoms with Crippen LogP contribution in [0.15, 0.2) is 71.6 Å². The summed E-state index contributed by atoms with van der Waals surface area (Å²) in [5.74, 6) is 1.81. The first-order valence-corrected chi connectivity index (χ1v) is 13.6. The molecule has 5 rings (SSSR count). The molecule has 2 atom stereocenters. The minimum absolute atomic E-state index is 0.154. The fraction of sp³-hybridized carbons (Fsp3) is 0.357. The van der Waals surface area contributed by atoms with Crippen molar-refractivity contribution in [3.63, 3.8) is 0 Å². The maximum absolute atomic E-state index is 12.6. The maximum atomic E-state index is 12.6. The molecule has 0 radical (unpaired) electrons. The molecule has 0 saturated carbocycles. The Morgan fingerprint density at radius 2 is 1.47 bits per heavy atom. The number of piperazine rings is 1. The van der Waals surface area contributed by atoms with Crippen LogP contribution in [-0.4, -0.2) is 52.7 Å². The highest BCUT2D eigenvalue weighted by atomic mass is 32.2. The summed E-state index contributed by atoms with van der Waals surface area (Å²) >= 11 is 0. The van der Waals surface area contributed by atoms with Gasteiger partial charge < -0.3 is 18.6 Å². The van der Waals surface area contributed by atoms with Crippen LogP contribution in [0.5, 0.6) is 17.2 Å². The molecule has 2 bridgehead atoms. The predicted molar refractivity (Wildman–Crippen MR) is 140 cm³/mol. The lowest BCUT2D eigenvalue weighted by Crippen LogP contribution is -2.53. The Labute approximate surface area is 213 Å².